The van der Waals surface area contributed by atoms with Crippen molar-refractivity contribution < 1.29 is 0 Å². The molecule has 1 atom stereocenters. The number of anilines is 2. The Labute approximate surface area is 125 Å². The van der Waals surface area contributed by atoms with Crippen molar-refractivity contribution in [3.63, 3.8) is 0 Å². The van der Waals surface area contributed by atoms with Crippen molar-refractivity contribution in [2.24, 2.45) is 0 Å². The fraction of sp³-hybridized carbons (Fsp3) is 0.467. The van der Waals surface area contributed by atoms with Gasteiger partial charge in [0.25, 0.3) is 0 Å². The Hall–Kier alpha value is -2.24. The maximum atomic E-state index is 4.50. The summed E-state index contributed by atoms with van der Waals surface area (Å²) in [5.41, 5.74) is 1.26. The van der Waals surface area contributed by atoms with E-state index in [0.29, 0.717) is 12.0 Å². The van der Waals surface area contributed by atoms with Gasteiger partial charge in [-0.05, 0) is 37.5 Å². The highest BCUT2D eigenvalue weighted by molar-refractivity contribution is 5.39. The van der Waals surface area contributed by atoms with Gasteiger partial charge in [-0.1, -0.05) is 6.92 Å². The normalized spacial score (nSPS) is 12.0. The zero-order valence-corrected chi connectivity index (χ0v) is 12.8. The number of rotatable bonds is 7. The van der Waals surface area contributed by atoms with Gasteiger partial charge >= 0.3 is 0 Å². The molecule has 1 N–H and O–H groups in total. The molecule has 6 nitrogen and oxygen atoms in total. The number of hydrogen-bond acceptors (Lipinski definition) is 6. The molecule has 1 unspecified atom stereocenters. The molecule has 0 amide bonds. The summed E-state index contributed by atoms with van der Waals surface area (Å²) in [6, 6.07) is 4.40. The summed E-state index contributed by atoms with van der Waals surface area (Å²) in [5, 5.41) is 11.3. The van der Waals surface area contributed by atoms with Gasteiger partial charge in [-0.3, -0.25) is 4.98 Å². The zero-order valence-electron chi connectivity index (χ0n) is 12.8. The highest BCUT2D eigenvalue weighted by atomic mass is 15.3. The van der Waals surface area contributed by atoms with Gasteiger partial charge in [-0.2, -0.15) is 10.1 Å². The Morgan fingerprint density at radius 3 is 2.76 bits per heavy atom. The monoisotopic (exact) mass is 286 g/mol. The van der Waals surface area contributed by atoms with Crippen LogP contribution in [0.15, 0.2) is 30.7 Å². The smallest absolute Gasteiger partial charge is 0.244 e. The molecule has 0 spiro atoms. The van der Waals surface area contributed by atoms with Crippen LogP contribution in [0.3, 0.4) is 0 Å². The molecule has 0 aliphatic heterocycles. The lowest BCUT2D eigenvalue weighted by molar-refractivity contribution is 0.743. The summed E-state index contributed by atoms with van der Waals surface area (Å²) in [4.78, 5) is 10.6. The lowest BCUT2D eigenvalue weighted by Crippen LogP contribution is -2.23. The quantitative estimate of drug-likeness (QED) is 0.841. The molecule has 0 aromatic carbocycles. The van der Waals surface area contributed by atoms with E-state index in [9.17, 15) is 0 Å². The fourth-order valence-corrected chi connectivity index (χ4v) is 1.82. The minimum absolute atomic E-state index is 0.337. The van der Waals surface area contributed by atoms with E-state index in [-0.39, 0.29) is 0 Å². The van der Waals surface area contributed by atoms with Gasteiger partial charge in [0.15, 0.2) is 5.82 Å². The number of aromatic nitrogens is 4. The van der Waals surface area contributed by atoms with Crippen LogP contribution in [0.2, 0.25) is 0 Å². The zero-order chi connectivity index (χ0) is 15.1. The second-order valence-corrected chi connectivity index (χ2v) is 5.12. The molecule has 6 heteroatoms. The maximum Gasteiger partial charge on any atom is 0.244 e. The van der Waals surface area contributed by atoms with E-state index in [2.05, 4.69) is 44.2 Å². The van der Waals surface area contributed by atoms with Gasteiger partial charge in [-0.25, -0.2) is 0 Å². The van der Waals surface area contributed by atoms with Crippen LogP contribution in [0, 0.1) is 0 Å². The minimum atomic E-state index is 0.337. The summed E-state index contributed by atoms with van der Waals surface area (Å²) < 4.78 is 0. The largest absolute Gasteiger partial charge is 0.358 e. The van der Waals surface area contributed by atoms with Gasteiger partial charge in [-0.15, -0.1) is 5.10 Å². The van der Waals surface area contributed by atoms with E-state index in [1.165, 1.54) is 5.56 Å². The second-order valence-electron chi connectivity index (χ2n) is 5.12. The first-order valence-corrected chi connectivity index (χ1v) is 7.25. The van der Waals surface area contributed by atoms with E-state index in [4.69, 9.17) is 0 Å². The number of pyridine rings is 1. The standard InChI is InChI=1S/C15H22N6/c1-4-12(2)18-15-19-14(11-17-20-15)21(3)10-7-13-5-8-16-9-6-13/h5-6,8-9,11-12H,4,7,10H2,1-3H3,(H,18,19,20). The second kappa shape index (κ2) is 7.52. The highest BCUT2D eigenvalue weighted by Gasteiger charge is 2.07. The van der Waals surface area contributed by atoms with Crippen molar-refractivity contribution in [1.29, 1.82) is 0 Å². The van der Waals surface area contributed by atoms with Crippen molar-refractivity contribution in [2.75, 3.05) is 23.8 Å². The summed E-state index contributed by atoms with van der Waals surface area (Å²) >= 11 is 0. The van der Waals surface area contributed by atoms with Gasteiger partial charge in [0.2, 0.25) is 5.95 Å². The third-order valence-corrected chi connectivity index (χ3v) is 3.41. The Balaban J connectivity index is 1.95. The lowest BCUT2D eigenvalue weighted by Gasteiger charge is -2.18. The summed E-state index contributed by atoms with van der Waals surface area (Å²) in [6.07, 6.45) is 7.28. The molecule has 2 aromatic rings. The molecule has 2 heterocycles. The third-order valence-electron chi connectivity index (χ3n) is 3.41. The molecular formula is C15H22N6. The SMILES string of the molecule is CCC(C)Nc1nncc(N(C)CCc2ccncc2)n1. The van der Waals surface area contributed by atoms with Gasteiger partial charge < -0.3 is 10.2 Å². The molecular weight excluding hydrogens is 264 g/mol. The summed E-state index contributed by atoms with van der Waals surface area (Å²) in [6.45, 7) is 5.09. The minimum Gasteiger partial charge on any atom is -0.358 e. The maximum absolute atomic E-state index is 4.50. The van der Waals surface area contributed by atoms with Crippen LogP contribution in [0.1, 0.15) is 25.8 Å². The van der Waals surface area contributed by atoms with Crippen LogP contribution in [-0.4, -0.2) is 39.8 Å². The van der Waals surface area contributed by atoms with Gasteiger partial charge in [0, 0.05) is 32.0 Å². The van der Waals surface area contributed by atoms with Crippen molar-refractivity contribution in [3.8, 4) is 0 Å². The first-order chi connectivity index (χ1) is 10.2. The first-order valence-electron chi connectivity index (χ1n) is 7.25. The molecule has 0 radical (unpaired) electrons. The topological polar surface area (TPSA) is 66.8 Å². The predicted molar refractivity (Wildman–Crippen MR) is 84.4 cm³/mol. The molecule has 0 saturated heterocycles. The molecule has 2 aromatic heterocycles. The molecule has 21 heavy (non-hydrogen) atoms. The average molecular weight is 286 g/mol. The van der Waals surface area contributed by atoms with E-state index in [0.717, 1.165) is 25.2 Å². The summed E-state index contributed by atoms with van der Waals surface area (Å²) in [7, 11) is 2.01. The van der Waals surface area contributed by atoms with Crippen molar-refractivity contribution in [1.82, 2.24) is 20.2 Å². The van der Waals surface area contributed by atoms with Crippen molar-refractivity contribution in [2.45, 2.75) is 32.7 Å². The Kier molecular flexibility index (Phi) is 5.43. The number of nitrogens with one attached hydrogen (secondary N) is 1. The number of likely N-dealkylation sites (N-methyl/N-ethyl adjacent to an activating group) is 1. The van der Waals surface area contributed by atoms with Gasteiger partial charge in [0.1, 0.15) is 0 Å². The molecule has 2 rings (SSSR count). The Bertz CT molecular complexity index is 545. The highest BCUT2D eigenvalue weighted by Crippen LogP contribution is 2.11. The molecule has 0 fully saturated rings. The van der Waals surface area contributed by atoms with Crippen LogP contribution in [0.25, 0.3) is 0 Å². The van der Waals surface area contributed by atoms with E-state index >= 15 is 0 Å². The van der Waals surface area contributed by atoms with Crippen LogP contribution in [0.4, 0.5) is 11.8 Å². The Morgan fingerprint density at radius 2 is 2.05 bits per heavy atom. The van der Waals surface area contributed by atoms with E-state index < -0.39 is 0 Å². The average Bonchev–Trinajstić information content (AvgIpc) is 2.53. The molecule has 0 bridgehead atoms. The molecule has 0 aliphatic carbocycles. The van der Waals surface area contributed by atoms with E-state index in [1.54, 1.807) is 6.20 Å². The number of nitrogens with zero attached hydrogens (tertiary/aromatic N) is 5. The lowest BCUT2D eigenvalue weighted by atomic mass is 10.2. The molecule has 0 saturated carbocycles. The van der Waals surface area contributed by atoms with Crippen molar-refractivity contribution >= 4 is 11.8 Å². The first kappa shape index (κ1) is 15.2. The predicted octanol–water partition coefficient (Wildman–Crippen LogP) is 2.16. The number of hydrogen-bond donors (Lipinski definition) is 1. The van der Waals surface area contributed by atoms with Crippen LogP contribution in [0.5, 0.6) is 0 Å². The summed E-state index contributed by atoms with van der Waals surface area (Å²) in [5.74, 6) is 1.41. The molecule has 0 aliphatic rings. The third kappa shape index (κ3) is 4.66. The van der Waals surface area contributed by atoms with E-state index in [1.807, 2.05) is 31.6 Å². The van der Waals surface area contributed by atoms with Crippen LogP contribution >= 0.6 is 0 Å². The van der Waals surface area contributed by atoms with Crippen LogP contribution < -0.4 is 10.2 Å². The fourth-order valence-electron chi connectivity index (χ4n) is 1.82. The van der Waals surface area contributed by atoms with Gasteiger partial charge in [0.05, 0.1) is 6.20 Å². The Morgan fingerprint density at radius 1 is 1.29 bits per heavy atom. The van der Waals surface area contributed by atoms with Crippen molar-refractivity contribution in [3.05, 3.63) is 36.3 Å². The van der Waals surface area contributed by atoms with Crippen LogP contribution in [-0.2, 0) is 6.42 Å². The molecule has 112 valence electrons.